The molecule has 0 saturated carbocycles. The molecule has 0 saturated heterocycles. The highest BCUT2D eigenvalue weighted by molar-refractivity contribution is 6.11. The van der Waals surface area contributed by atoms with Crippen molar-refractivity contribution < 1.29 is 9.59 Å². The number of nitrogens with zero attached hydrogens (tertiary/aromatic N) is 2. The molecule has 0 bridgehead atoms. The maximum atomic E-state index is 13.0. The summed E-state index contributed by atoms with van der Waals surface area (Å²) in [6.07, 6.45) is 4.59. The highest BCUT2D eigenvalue weighted by Gasteiger charge is 2.32. The van der Waals surface area contributed by atoms with Crippen molar-refractivity contribution in [2.75, 3.05) is 13.1 Å². The Morgan fingerprint density at radius 2 is 1.60 bits per heavy atom. The first-order valence-electron chi connectivity index (χ1n) is 7.87. The Balaban J connectivity index is 2.52. The summed E-state index contributed by atoms with van der Waals surface area (Å²) in [7, 11) is 0. The number of Topliss-reactive ketones (excluding diaryl/α,β-unsaturated/α-hetero) is 1. The molecule has 2 rings (SSSR count). The van der Waals surface area contributed by atoms with Crippen LogP contribution in [0.25, 0.3) is 0 Å². The molecule has 1 amide bonds. The molecule has 0 fully saturated rings. The Labute approximate surface area is 146 Å². The predicted octanol–water partition coefficient (Wildman–Crippen LogP) is 2.47. The van der Waals surface area contributed by atoms with Crippen LogP contribution in [0, 0.1) is 0 Å². The van der Waals surface area contributed by atoms with Gasteiger partial charge in [0.05, 0.1) is 0 Å². The monoisotopic (exact) mass is 336 g/mol. The van der Waals surface area contributed by atoms with Crippen LogP contribution in [0.3, 0.4) is 0 Å². The fourth-order valence-corrected chi connectivity index (χ4v) is 2.51. The van der Waals surface area contributed by atoms with Gasteiger partial charge in [-0.25, -0.2) is 0 Å². The van der Waals surface area contributed by atoms with Gasteiger partial charge in [0, 0.05) is 30.9 Å². The Bertz CT molecular complexity index is 814. The number of hydrogen-bond donors (Lipinski definition) is 0. The first-order valence-corrected chi connectivity index (χ1v) is 7.87. The lowest BCUT2D eigenvalue weighted by Gasteiger charge is -2.26. The molecule has 0 unspecified atom stereocenters. The summed E-state index contributed by atoms with van der Waals surface area (Å²) in [5.41, 5.74) is -0.0453. The summed E-state index contributed by atoms with van der Waals surface area (Å²) in [5.74, 6) is -0.904. The van der Waals surface area contributed by atoms with Crippen LogP contribution in [0.4, 0.5) is 0 Å². The molecular formula is C20H20N2O3. The summed E-state index contributed by atoms with van der Waals surface area (Å²) in [6, 6.07) is 11.7. The average Bonchev–Trinajstić information content (AvgIpc) is 2.64. The molecule has 128 valence electrons. The maximum Gasteiger partial charge on any atom is 0.254 e. The fraction of sp³-hybridized carbons (Fsp3) is 0.150. The molecule has 25 heavy (non-hydrogen) atoms. The van der Waals surface area contributed by atoms with Crippen molar-refractivity contribution in [1.82, 2.24) is 9.47 Å². The molecule has 0 radical (unpaired) electrons. The van der Waals surface area contributed by atoms with Crippen LogP contribution in [-0.2, 0) is 4.79 Å². The molecular weight excluding hydrogens is 316 g/mol. The fourth-order valence-electron chi connectivity index (χ4n) is 2.51. The Morgan fingerprint density at radius 3 is 2.16 bits per heavy atom. The van der Waals surface area contributed by atoms with Gasteiger partial charge in [-0.1, -0.05) is 48.6 Å². The summed E-state index contributed by atoms with van der Waals surface area (Å²) >= 11 is 0. The standard InChI is InChI=1S/C20H20N2O3/c1-3-13-21(14-4-2)20(25)18(22-15-9-8-12-17(22)23)19(24)16-10-6-5-7-11-16/h3-12,15,18H,1-2,13-14H2/t18-/m1/s1. The van der Waals surface area contributed by atoms with Gasteiger partial charge in [-0.15, -0.1) is 13.2 Å². The van der Waals surface area contributed by atoms with Crippen molar-refractivity contribution in [3.8, 4) is 0 Å². The Morgan fingerprint density at radius 1 is 1.00 bits per heavy atom. The van der Waals surface area contributed by atoms with E-state index >= 15 is 0 Å². The van der Waals surface area contributed by atoms with Gasteiger partial charge in [0.15, 0.2) is 11.8 Å². The van der Waals surface area contributed by atoms with Gasteiger partial charge in [-0.3, -0.25) is 19.0 Å². The van der Waals surface area contributed by atoms with Crippen LogP contribution >= 0.6 is 0 Å². The van der Waals surface area contributed by atoms with Gasteiger partial charge in [0.1, 0.15) is 0 Å². The van der Waals surface area contributed by atoms with E-state index in [9.17, 15) is 14.4 Å². The van der Waals surface area contributed by atoms with Crippen LogP contribution < -0.4 is 5.56 Å². The van der Waals surface area contributed by atoms with Gasteiger partial charge in [0.25, 0.3) is 11.5 Å². The Kier molecular flexibility index (Phi) is 6.23. The minimum Gasteiger partial charge on any atom is -0.333 e. The number of ketones is 1. The minimum absolute atomic E-state index is 0.255. The van der Waals surface area contributed by atoms with Crippen LogP contribution in [0.15, 0.2) is 84.8 Å². The third kappa shape index (κ3) is 4.20. The number of pyridine rings is 1. The lowest BCUT2D eigenvalue weighted by atomic mass is 10.0. The van der Waals surface area contributed by atoms with Crippen molar-refractivity contribution in [3.63, 3.8) is 0 Å². The highest BCUT2D eigenvalue weighted by Crippen LogP contribution is 2.16. The largest absolute Gasteiger partial charge is 0.333 e. The summed E-state index contributed by atoms with van der Waals surface area (Å²) in [6.45, 7) is 7.78. The Hall–Kier alpha value is -3.21. The van der Waals surface area contributed by atoms with Crippen LogP contribution in [0.2, 0.25) is 0 Å². The van der Waals surface area contributed by atoms with E-state index in [4.69, 9.17) is 0 Å². The van der Waals surface area contributed by atoms with Gasteiger partial charge in [-0.05, 0) is 6.07 Å². The van der Waals surface area contributed by atoms with E-state index in [0.717, 1.165) is 4.57 Å². The molecule has 2 aromatic rings. The smallest absolute Gasteiger partial charge is 0.254 e. The molecule has 0 N–H and O–H groups in total. The van der Waals surface area contributed by atoms with Gasteiger partial charge in [0.2, 0.25) is 0 Å². The number of benzene rings is 1. The molecule has 5 nitrogen and oxygen atoms in total. The van der Waals surface area contributed by atoms with Crippen LogP contribution in [0.1, 0.15) is 16.4 Å². The normalized spacial score (nSPS) is 11.4. The second kappa shape index (κ2) is 8.59. The number of carbonyl (C=O) groups excluding carboxylic acids is 2. The molecule has 1 aromatic carbocycles. The number of aromatic nitrogens is 1. The zero-order valence-corrected chi connectivity index (χ0v) is 13.9. The van der Waals surface area contributed by atoms with E-state index in [1.54, 1.807) is 54.6 Å². The number of amides is 1. The predicted molar refractivity (Wildman–Crippen MR) is 97.5 cm³/mol. The van der Waals surface area contributed by atoms with E-state index in [1.807, 2.05) is 0 Å². The zero-order chi connectivity index (χ0) is 18.2. The molecule has 1 heterocycles. The topological polar surface area (TPSA) is 59.4 Å². The molecule has 0 aliphatic carbocycles. The molecule has 0 aliphatic rings. The van der Waals surface area contributed by atoms with E-state index < -0.39 is 23.3 Å². The van der Waals surface area contributed by atoms with Crippen molar-refractivity contribution in [3.05, 3.63) is 96.0 Å². The molecule has 0 spiro atoms. The summed E-state index contributed by atoms with van der Waals surface area (Å²) in [4.78, 5) is 39.7. The minimum atomic E-state index is -1.27. The van der Waals surface area contributed by atoms with Crippen molar-refractivity contribution >= 4 is 11.7 Å². The first kappa shape index (κ1) is 18.1. The van der Waals surface area contributed by atoms with Crippen LogP contribution in [0.5, 0.6) is 0 Å². The third-order valence-electron chi connectivity index (χ3n) is 3.68. The van der Waals surface area contributed by atoms with Gasteiger partial charge < -0.3 is 4.90 Å². The van der Waals surface area contributed by atoms with E-state index in [0.29, 0.717) is 5.56 Å². The van der Waals surface area contributed by atoms with Crippen molar-refractivity contribution in [2.45, 2.75) is 6.04 Å². The van der Waals surface area contributed by atoms with E-state index in [2.05, 4.69) is 13.2 Å². The first-order chi connectivity index (χ1) is 12.1. The van der Waals surface area contributed by atoms with Crippen molar-refractivity contribution in [2.24, 2.45) is 0 Å². The number of hydrogen-bond acceptors (Lipinski definition) is 3. The highest BCUT2D eigenvalue weighted by atomic mass is 16.2. The van der Waals surface area contributed by atoms with E-state index in [1.165, 1.54) is 17.2 Å². The number of rotatable bonds is 8. The quantitative estimate of drug-likeness (QED) is 0.423. The SMILES string of the molecule is C=CCN(CC=C)C(=O)[C@@H](C(=O)c1ccccc1)n1ccccc1=O. The summed E-state index contributed by atoms with van der Waals surface area (Å²) < 4.78 is 1.16. The summed E-state index contributed by atoms with van der Waals surface area (Å²) in [5, 5.41) is 0. The second-order valence-corrected chi connectivity index (χ2v) is 5.40. The second-order valence-electron chi connectivity index (χ2n) is 5.40. The molecule has 0 aliphatic heterocycles. The van der Waals surface area contributed by atoms with E-state index in [-0.39, 0.29) is 13.1 Å². The lowest BCUT2D eigenvalue weighted by molar-refractivity contribution is -0.132. The van der Waals surface area contributed by atoms with Gasteiger partial charge >= 0.3 is 0 Å². The lowest BCUT2D eigenvalue weighted by Crippen LogP contribution is -2.43. The molecule has 1 aromatic heterocycles. The van der Waals surface area contributed by atoms with Crippen molar-refractivity contribution in [1.29, 1.82) is 0 Å². The average molecular weight is 336 g/mol. The van der Waals surface area contributed by atoms with Crippen LogP contribution in [-0.4, -0.2) is 34.2 Å². The zero-order valence-electron chi connectivity index (χ0n) is 13.9. The van der Waals surface area contributed by atoms with Gasteiger partial charge in [-0.2, -0.15) is 0 Å². The molecule has 5 heteroatoms. The number of carbonyl (C=O) groups is 2. The molecule has 1 atom stereocenters. The maximum absolute atomic E-state index is 13.0. The third-order valence-corrected chi connectivity index (χ3v) is 3.68.